The third-order valence-electron chi connectivity index (χ3n) is 7.70. The van der Waals surface area contributed by atoms with E-state index in [1.807, 2.05) is 60.7 Å². The minimum absolute atomic E-state index is 0.0358. The van der Waals surface area contributed by atoms with E-state index in [1.165, 1.54) is 23.1 Å². The number of amides is 3. The highest BCUT2D eigenvalue weighted by Gasteiger charge is 2.35. The lowest BCUT2D eigenvalue weighted by atomic mass is 9.99. The van der Waals surface area contributed by atoms with Gasteiger partial charge < -0.3 is 10.1 Å². The molecule has 3 amide bonds. The lowest BCUT2D eigenvalue weighted by molar-refractivity contribution is -0.384. The summed E-state index contributed by atoms with van der Waals surface area (Å²) in [6.45, 7) is 5.55. The van der Waals surface area contributed by atoms with Crippen molar-refractivity contribution in [3.63, 3.8) is 0 Å². The average molecular weight is 778 g/mol. The molecule has 0 aromatic heterocycles. The van der Waals surface area contributed by atoms with Crippen LogP contribution >= 0.6 is 27.7 Å². The van der Waals surface area contributed by atoms with Crippen LogP contribution in [0.5, 0.6) is 5.75 Å². The first kappa shape index (κ1) is 37.4. The van der Waals surface area contributed by atoms with Gasteiger partial charge in [0.2, 0.25) is 5.91 Å². The number of amidine groups is 1. The van der Waals surface area contributed by atoms with E-state index in [1.54, 1.807) is 61.6 Å². The molecule has 12 heteroatoms. The van der Waals surface area contributed by atoms with Crippen LogP contribution in [-0.2, 0) is 21.0 Å². The maximum Gasteiger partial charge on any atom is 0.285 e. The van der Waals surface area contributed by atoms with E-state index in [0.29, 0.717) is 27.0 Å². The Morgan fingerprint density at radius 3 is 2.33 bits per heavy atom. The summed E-state index contributed by atoms with van der Waals surface area (Å²) in [4.78, 5) is 57.1. The molecule has 1 aliphatic heterocycles. The van der Waals surface area contributed by atoms with Gasteiger partial charge in [0.1, 0.15) is 17.9 Å². The molecule has 5 rings (SSSR count). The molecule has 0 radical (unpaired) electrons. The number of allylic oxidation sites excluding steroid dienone is 4. The first-order chi connectivity index (χ1) is 25.2. The van der Waals surface area contributed by atoms with Gasteiger partial charge in [-0.25, -0.2) is 0 Å². The van der Waals surface area contributed by atoms with Gasteiger partial charge in [-0.15, -0.1) is 0 Å². The number of nitro benzene ring substituents is 1. The van der Waals surface area contributed by atoms with Gasteiger partial charge in [-0.1, -0.05) is 115 Å². The van der Waals surface area contributed by atoms with E-state index >= 15 is 0 Å². The molecule has 1 aliphatic rings. The molecule has 0 aliphatic carbocycles. The first-order valence-electron chi connectivity index (χ1n) is 16.0. The fourth-order valence-corrected chi connectivity index (χ4v) is 6.52. The maximum absolute atomic E-state index is 14.1. The summed E-state index contributed by atoms with van der Waals surface area (Å²) in [6.07, 6.45) is 8.03. The van der Waals surface area contributed by atoms with Gasteiger partial charge >= 0.3 is 0 Å². The summed E-state index contributed by atoms with van der Waals surface area (Å²) >= 11 is 4.46. The predicted molar refractivity (Wildman–Crippen MR) is 207 cm³/mol. The molecule has 0 fully saturated rings. The Morgan fingerprint density at radius 1 is 1.02 bits per heavy atom. The van der Waals surface area contributed by atoms with E-state index in [4.69, 9.17) is 4.74 Å². The highest BCUT2D eigenvalue weighted by molar-refractivity contribution is 9.10. The molecule has 0 unspecified atom stereocenters. The number of aliphatic imine (C=N–C) groups is 1. The van der Waals surface area contributed by atoms with Crippen LogP contribution in [-0.4, -0.2) is 38.5 Å². The van der Waals surface area contributed by atoms with Gasteiger partial charge in [-0.05, 0) is 69.4 Å². The highest BCUT2D eigenvalue weighted by atomic mass is 79.9. The van der Waals surface area contributed by atoms with Gasteiger partial charge in [0, 0.05) is 17.8 Å². The molecular weight excluding hydrogens is 744 g/mol. The van der Waals surface area contributed by atoms with Crippen LogP contribution in [0.15, 0.2) is 155 Å². The monoisotopic (exact) mass is 776 g/mol. The smallest absolute Gasteiger partial charge is 0.285 e. The van der Waals surface area contributed by atoms with Crippen LogP contribution < -0.4 is 10.1 Å². The summed E-state index contributed by atoms with van der Waals surface area (Å²) in [6, 6.07) is 29.9. The Kier molecular flexibility index (Phi) is 12.9. The number of nitrogens with zero attached hydrogens (tertiary/aromatic N) is 3. The van der Waals surface area contributed by atoms with E-state index < -0.39 is 22.8 Å². The standard InChI is InChI=1S/C40H33BrN4O6S/c1-3-5-18-31(4-2)44-39(48)33(23-27-20-21-35(34(41)24-27)51-25-28-13-12-19-32(22-28)45(49)50)38(47)43-40(44)52-26-36(46)42-37(29-14-8-6-9-15-29)30-16-10-7-11-17-30/h3-24,37H,1,25-26H2,2H3,(H,42,46)/b18-5-,31-4+,33-23+. The molecule has 0 spiro atoms. The zero-order valence-electron chi connectivity index (χ0n) is 28.0. The Balaban J connectivity index is 1.36. The first-order valence-corrected chi connectivity index (χ1v) is 17.8. The normalized spacial score (nSPS) is 14.1. The molecule has 4 aromatic rings. The Labute approximate surface area is 313 Å². The van der Waals surface area contributed by atoms with Crippen molar-refractivity contribution in [3.8, 4) is 5.75 Å². The molecule has 1 heterocycles. The Hall–Kier alpha value is -5.85. The number of halogens is 1. The number of hydrogen-bond acceptors (Lipinski definition) is 7. The van der Waals surface area contributed by atoms with Crippen molar-refractivity contribution < 1.29 is 24.0 Å². The van der Waals surface area contributed by atoms with Crippen LogP contribution in [0.3, 0.4) is 0 Å². The molecule has 4 aromatic carbocycles. The van der Waals surface area contributed by atoms with Crippen molar-refractivity contribution >= 4 is 62.3 Å². The van der Waals surface area contributed by atoms with Gasteiger partial charge in [0.15, 0.2) is 5.17 Å². The Bertz CT molecular complexity index is 2080. The largest absolute Gasteiger partial charge is 0.488 e. The summed E-state index contributed by atoms with van der Waals surface area (Å²) in [5, 5.41) is 14.3. The molecule has 262 valence electrons. The number of ether oxygens (including phenoxy) is 1. The lowest BCUT2D eigenvalue weighted by Gasteiger charge is -2.28. The van der Waals surface area contributed by atoms with Crippen molar-refractivity contribution in [2.75, 3.05) is 5.75 Å². The summed E-state index contributed by atoms with van der Waals surface area (Å²) in [5.74, 6) is -1.33. The Morgan fingerprint density at radius 2 is 1.71 bits per heavy atom. The van der Waals surface area contributed by atoms with Gasteiger partial charge in [0.05, 0.1) is 21.2 Å². The summed E-state index contributed by atoms with van der Waals surface area (Å²) < 4.78 is 6.41. The van der Waals surface area contributed by atoms with Crippen LogP contribution in [0, 0.1) is 10.1 Å². The fraction of sp³-hybridized carbons (Fsp3) is 0.100. The van der Waals surface area contributed by atoms with E-state index in [9.17, 15) is 24.5 Å². The number of nitro groups is 1. The molecular formula is C40H33BrN4O6S. The fourth-order valence-electron chi connectivity index (χ4n) is 5.20. The summed E-state index contributed by atoms with van der Waals surface area (Å²) in [7, 11) is 0. The molecule has 10 nitrogen and oxygen atoms in total. The van der Waals surface area contributed by atoms with Gasteiger partial charge in [0.25, 0.3) is 17.5 Å². The number of hydrogen-bond donors (Lipinski definition) is 1. The van der Waals surface area contributed by atoms with Gasteiger partial charge in [-0.3, -0.25) is 29.4 Å². The second kappa shape index (κ2) is 17.9. The number of non-ortho nitro benzene ring substituents is 1. The van der Waals surface area contributed by atoms with Crippen molar-refractivity contribution in [2.45, 2.75) is 19.6 Å². The molecule has 0 saturated heterocycles. The quantitative estimate of drug-likeness (QED) is 0.0475. The second-order valence-corrected chi connectivity index (χ2v) is 13.0. The second-order valence-electron chi connectivity index (χ2n) is 11.2. The van der Waals surface area contributed by atoms with E-state index in [0.717, 1.165) is 22.9 Å². The summed E-state index contributed by atoms with van der Waals surface area (Å²) in [5.41, 5.74) is 3.18. The number of rotatable bonds is 13. The zero-order chi connectivity index (χ0) is 37.0. The van der Waals surface area contributed by atoms with Crippen LogP contribution in [0.1, 0.15) is 35.2 Å². The third kappa shape index (κ3) is 9.47. The molecule has 1 N–H and O–H groups in total. The number of thioether (sulfide) groups is 1. The lowest BCUT2D eigenvalue weighted by Crippen LogP contribution is -2.42. The molecule has 0 bridgehead atoms. The zero-order valence-corrected chi connectivity index (χ0v) is 30.4. The van der Waals surface area contributed by atoms with Crippen molar-refractivity contribution in [1.82, 2.24) is 10.2 Å². The third-order valence-corrected chi connectivity index (χ3v) is 9.25. The van der Waals surface area contributed by atoms with Gasteiger partial charge in [-0.2, -0.15) is 4.99 Å². The molecule has 52 heavy (non-hydrogen) atoms. The highest BCUT2D eigenvalue weighted by Crippen LogP contribution is 2.31. The maximum atomic E-state index is 14.1. The number of carbonyl (C=O) groups excluding carboxylic acids is 3. The minimum Gasteiger partial charge on any atom is -0.488 e. The SMILES string of the molecule is C=C/C=C\C(=C/C)N1C(=O)/C(=C/c2ccc(OCc3cccc([N+](=O)[O-])c3)c(Br)c2)C(=O)N=C1SCC(=O)NC(c1ccccc1)c1ccccc1. The van der Waals surface area contributed by atoms with Crippen molar-refractivity contribution in [1.29, 1.82) is 0 Å². The average Bonchev–Trinajstić information content (AvgIpc) is 3.16. The molecule has 0 atom stereocenters. The van der Waals surface area contributed by atoms with E-state index in [2.05, 4.69) is 32.8 Å². The van der Waals surface area contributed by atoms with E-state index in [-0.39, 0.29) is 34.7 Å². The van der Waals surface area contributed by atoms with Crippen molar-refractivity contribution in [3.05, 3.63) is 182 Å². The predicted octanol–water partition coefficient (Wildman–Crippen LogP) is 8.33. The van der Waals surface area contributed by atoms with Crippen LogP contribution in [0.4, 0.5) is 5.69 Å². The van der Waals surface area contributed by atoms with Crippen molar-refractivity contribution in [2.24, 2.45) is 4.99 Å². The minimum atomic E-state index is -0.749. The number of benzene rings is 4. The van der Waals surface area contributed by atoms with Crippen LogP contribution in [0.25, 0.3) is 6.08 Å². The number of carbonyl (C=O) groups is 3. The topological polar surface area (TPSA) is 131 Å². The number of nitrogens with one attached hydrogen (secondary N) is 1. The van der Waals surface area contributed by atoms with Crippen LogP contribution in [0.2, 0.25) is 0 Å². The molecule has 0 saturated carbocycles.